The Morgan fingerprint density at radius 2 is 1.76 bits per heavy atom. The minimum atomic E-state index is -3.86. The SMILES string of the molecule is Cc1nn(Cn2ccc(C(=O)Nc3ccc(S(=O)(=O)Nc4ncccn4)cc3)n2)c(C)c1Cl. The molecular weight excluding hydrogens is 468 g/mol. The molecule has 0 saturated carbocycles. The third kappa shape index (κ3) is 5.02. The highest BCUT2D eigenvalue weighted by molar-refractivity contribution is 7.92. The molecular formula is C20H19ClN8O3S. The van der Waals surface area contributed by atoms with Crippen molar-refractivity contribution in [2.75, 3.05) is 10.0 Å². The lowest BCUT2D eigenvalue weighted by atomic mass is 10.3. The van der Waals surface area contributed by atoms with Crippen LogP contribution in [-0.4, -0.2) is 43.9 Å². The average molecular weight is 487 g/mol. The Labute approximate surface area is 194 Å². The first kappa shape index (κ1) is 22.4. The molecule has 0 radical (unpaired) electrons. The molecule has 4 aromatic rings. The number of hydrogen-bond acceptors (Lipinski definition) is 7. The Bertz CT molecular complexity index is 1400. The summed E-state index contributed by atoms with van der Waals surface area (Å²) in [5.74, 6) is -0.472. The van der Waals surface area contributed by atoms with Gasteiger partial charge in [-0.05, 0) is 50.2 Å². The van der Waals surface area contributed by atoms with E-state index in [2.05, 4.69) is 30.2 Å². The van der Waals surface area contributed by atoms with Crippen LogP contribution in [0.4, 0.5) is 11.6 Å². The van der Waals surface area contributed by atoms with Gasteiger partial charge >= 0.3 is 0 Å². The molecule has 2 N–H and O–H groups in total. The monoisotopic (exact) mass is 486 g/mol. The molecule has 0 saturated heterocycles. The number of aryl methyl sites for hydroxylation is 1. The fourth-order valence-corrected chi connectivity index (χ4v) is 4.05. The molecule has 0 aliphatic rings. The van der Waals surface area contributed by atoms with Crippen LogP contribution in [0.1, 0.15) is 21.9 Å². The molecule has 11 nitrogen and oxygen atoms in total. The van der Waals surface area contributed by atoms with E-state index in [-0.39, 0.29) is 16.5 Å². The number of nitrogens with zero attached hydrogens (tertiary/aromatic N) is 6. The van der Waals surface area contributed by atoms with Crippen molar-refractivity contribution in [3.63, 3.8) is 0 Å². The summed E-state index contributed by atoms with van der Waals surface area (Å²) in [6, 6.07) is 8.84. The first-order valence-corrected chi connectivity index (χ1v) is 11.5. The maximum Gasteiger partial charge on any atom is 0.276 e. The molecule has 0 unspecified atom stereocenters. The standard InChI is InChI=1S/C20H19ClN8O3S/c1-13-18(21)14(2)29(25-13)12-28-11-8-17(26-28)19(30)24-15-4-6-16(7-5-15)33(31,32)27-20-22-9-3-10-23-20/h3-11H,12H2,1-2H3,(H,24,30)(H,22,23,27). The Hall–Kier alpha value is -3.77. The van der Waals surface area contributed by atoms with E-state index in [4.69, 9.17) is 11.6 Å². The largest absolute Gasteiger partial charge is 0.321 e. The lowest BCUT2D eigenvalue weighted by Crippen LogP contribution is -2.16. The summed E-state index contributed by atoms with van der Waals surface area (Å²) < 4.78 is 30.4. The van der Waals surface area contributed by atoms with Crippen LogP contribution in [0.3, 0.4) is 0 Å². The molecule has 3 aromatic heterocycles. The van der Waals surface area contributed by atoms with Crippen molar-refractivity contribution in [3.8, 4) is 0 Å². The van der Waals surface area contributed by atoms with E-state index in [0.717, 1.165) is 11.4 Å². The zero-order valence-corrected chi connectivity index (χ0v) is 19.2. The Morgan fingerprint density at radius 3 is 2.39 bits per heavy atom. The number of carbonyl (C=O) groups excluding carboxylic acids is 1. The van der Waals surface area contributed by atoms with Gasteiger partial charge in [-0.1, -0.05) is 11.6 Å². The van der Waals surface area contributed by atoms with Crippen LogP contribution in [0.25, 0.3) is 0 Å². The number of nitrogens with one attached hydrogen (secondary N) is 2. The third-order valence-electron chi connectivity index (χ3n) is 4.66. The fourth-order valence-electron chi connectivity index (χ4n) is 2.96. The lowest BCUT2D eigenvalue weighted by Gasteiger charge is -2.08. The normalized spacial score (nSPS) is 11.4. The molecule has 4 rings (SSSR count). The van der Waals surface area contributed by atoms with Gasteiger partial charge in [-0.3, -0.25) is 9.48 Å². The van der Waals surface area contributed by atoms with E-state index in [9.17, 15) is 13.2 Å². The zero-order valence-electron chi connectivity index (χ0n) is 17.6. The molecule has 170 valence electrons. The van der Waals surface area contributed by atoms with Crippen molar-refractivity contribution in [2.45, 2.75) is 25.4 Å². The zero-order chi connectivity index (χ0) is 23.6. The van der Waals surface area contributed by atoms with Crippen molar-refractivity contribution in [2.24, 2.45) is 0 Å². The number of hydrogen-bond donors (Lipinski definition) is 2. The van der Waals surface area contributed by atoms with Crippen molar-refractivity contribution in [3.05, 3.63) is 77.1 Å². The molecule has 0 aliphatic heterocycles. The molecule has 13 heteroatoms. The number of amides is 1. The highest BCUT2D eigenvalue weighted by Gasteiger charge is 2.17. The van der Waals surface area contributed by atoms with Crippen molar-refractivity contribution >= 4 is 39.2 Å². The molecule has 33 heavy (non-hydrogen) atoms. The second kappa shape index (κ2) is 9.00. The van der Waals surface area contributed by atoms with E-state index in [0.29, 0.717) is 17.4 Å². The van der Waals surface area contributed by atoms with Crippen LogP contribution in [0, 0.1) is 13.8 Å². The predicted octanol–water partition coefficient (Wildman–Crippen LogP) is 2.70. The fraction of sp³-hybridized carbons (Fsp3) is 0.150. The summed E-state index contributed by atoms with van der Waals surface area (Å²) in [5.41, 5.74) is 2.13. The minimum Gasteiger partial charge on any atom is -0.321 e. The van der Waals surface area contributed by atoms with Gasteiger partial charge in [-0.15, -0.1) is 0 Å². The summed E-state index contributed by atoms with van der Waals surface area (Å²) in [5, 5.41) is 11.9. The van der Waals surface area contributed by atoms with Gasteiger partial charge in [-0.2, -0.15) is 10.2 Å². The van der Waals surface area contributed by atoms with Gasteiger partial charge < -0.3 is 5.32 Å². The molecule has 0 fully saturated rings. The summed E-state index contributed by atoms with van der Waals surface area (Å²) in [4.78, 5) is 20.2. The summed E-state index contributed by atoms with van der Waals surface area (Å²) >= 11 is 6.17. The van der Waals surface area contributed by atoms with Gasteiger partial charge in [0.05, 0.1) is 21.3 Å². The number of rotatable bonds is 7. The van der Waals surface area contributed by atoms with Gasteiger partial charge in [0.15, 0.2) is 5.69 Å². The Balaban J connectivity index is 1.41. The highest BCUT2D eigenvalue weighted by atomic mass is 35.5. The second-order valence-electron chi connectivity index (χ2n) is 7.02. The molecule has 3 heterocycles. The van der Waals surface area contributed by atoms with Crippen LogP contribution < -0.4 is 10.0 Å². The molecule has 0 aliphatic carbocycles. The van der Waals surface area contributed by atoms with E-state index >= 15 is 0 Å². The number of halogens is 1. The smallest absolute Gasteiger partial charge is 0.276 e. The van der Waals surface area contributed by atoms with Crippen LogP contribution in [0.2, 0.25) is 5.02 Å². The topological polar surface area (TPSA) is 137 Å². The average Bonchev–Trinajstić information content (AvgIpc) is 3.35. The van der Waals surface area contributed by atoms with E-state index in [1.54, 1.807) is 27.7 Å². The lowest BCUT2D eigenvalue weighted by molar-refractivity contribution is 0.102. The molecule has 1 aromatic carbocycles. The van der Waals surface area contributed by atoms with Gasteiger partial charge in [0.2, 0.25) is 5.95 Å². The molecule has 0 bridgehead atoms. The Kier molecular flexibility index (Phi) is 6.11. The maximum absolute atomic E-state index is 12.6. The van der Waals surface area contributed by atoms with E-state index < -0.39 is 15.9 Å². The van der Waals surface area contributed by atoms with E-state index in [1.165, 1.54) is 36.7 Å². The first-order chi connectivity index (χ1) is 15.7. The van der Waals surface area contributed by atoms with Gasteiger partial charge in [0.1, 0.15) is 6.67 Å². The minimum absolute atomic E-state index is 0.000719. The van der Waals surface area contributed by atoms with Crippen LogP contribution in [-0.2, 0) is 16.7 Å². The maximum atomic E-state index is 12.6. The number of anilines is 2. The van der Waals surface area contributed by atoms with Crippen molar-refractivity contribution < 1.29 is 13.2 Å². The Morgan fingerprint density at radius 1 is 1.06 bits per heavy atom. The summed E-state index contributed by atoms with van der Waals surface area (Å²) in [6.45, 7) is 3.97. The number of aromatic nitrogens is 6. The number of carbonyl (C=O) groups is 1. The van der Waals surface area contributed by atoms with Gasteiger partial charge in [-0.25, -0.2) is 27.8 Å². The van der Waals surface area contributed by atoms with Crippen molar-refractivity contribution in [1.82, 2.24) is 29.5 Å². The summed E-state index contributed by atoms with van der Waals surface area (Å²) in [6.07, 6.45) is 4.51. The van der Waals surface area contributed by atoms with Crippen molar-refractivity contribution in [1.29, 1.82) is 0 Å². The third-order valence-corrected chi connectivity index (χ3v) is 6.55. The van der Waals surface area contributed by atoms with Crippen LogP contribution in [0.15, 0.2) is 59.9 Å². The molecule has 0 spiro atoms. The highest BCUT2D eigenvalue weighted by Crippen LogP contribution is 2.19. The quantitative estimate of drug-likeness (QED) is 0.409. The molecule has 0 atom stereocenters. The predicted molar refractivity (Wildman–Crippen MR) is 122 cm³/mol. The van der Waals surface area contributed by atoms with Gasteiger partial charge in [0, 0.05) is 24.3 Å². The van der Waals surface area contributed by atoms with Crippen LogP contribution in [0.5, 0.6) is 0 Å². The van der Waals surface area contributed by atoms with E-state index in [1.807, 2.05) is 13.8 Å². The van der Waals surface area contributed by atoms with Crippen LogP contribution >= 0.6 is 11.6 Å². The first-order valence-electron chi connectivity index (χ1n) is 9.67. The molecule has 1 amide bonds. The second-order valence-corrected chi connectivity index (χ2v) is 9.08. The number of benzene rings is 1. The summed E-state index contributed by atoms with van der Waals surface area (Å²) in [7, 11) is -3.86. The number of sulfonamides is 1. The van der Waals surface area contributed by atoms with Gasteiger partial charge in [0.25, 0.3) is 15.9 Å².